The Kier molecular flexibility index (Phi) is 11.6. The lowest BCUT2D eigenvalue weighted by Gasteiger charge is -2.12. The Bertz CT molecular complexity index is 578. The number of rotatable bonds is 12. The fourth-order valence-electron chi connectivity index (χ4n) is 2.31. The van der Waals surface area contributed by atoms with Gasteiger partial charge in [0.1, 0.15) is 6.61 Å². The van der Waals surface area contributed by atoms with Crippen molar-refractivity contribution in [1.82, 2.24) is 10.6 Å². The Morgan fingerprint density at radius 3 is 2.57 bits per heavy atom. The van der Waals surface area contributed by atoms with Gasteiger partial charge in [0, 0.05) is 26.3 Å². The van der Waals surface area contributed by atoms with Crippen molar-refractivity contribution in [2.45, 2.75) is 46.5 Å². The molecule has 0 aliphatic carbocycles. The topological polar surface area (TPSA) is 54.9 Å². The van der Waals surface area contributed by atoms with Gasteiger partial charge in [0.25, 0.3) is 0 Å². The summed E-state index contributed by atoms with van der Waals surface area (Å²) in [5.74, 6) is 1.23. The zero-order chi connectivity index (χ0) is 20.8. The van der Waals surface area contributed by atoms with Crippen LogP contribution in [0.3, 0.4) is 0 Å². The summed E-state index contributed by atoms with van der Waals surface area (Å²) in [7, 11) is 0. The van der Waals surface area contributed by atoms with E-state index in [2.05, 4.69) is 29.5 Å². The summed E-state index contributed by atoms with van der Waals surface area (Å²) in [6.07, 6.45) is -3.43. The molecule has 0 saturated carbocycles. The van der Waals surface area contributed by atoms with Crippen LogP contribution in [0.15, 0.2) is 29.3 Å². The van der Waals surface area contributed by atoms with Crippen LogP contribution in [-0.2, 0) is 22.6 Å². The van der Waals surface area contributed by atoms with Gasteiger partial charge in [-0.05, 0) is 30.4 Å². The maximum atomic E-state index is 12.2. The molecule has 2 N–H and O–H groups in total. The first kappa shape index (κ1) is 24.2. The molecule has 0 aromatic heterocycles. The van der Waals surface area contributed by atoms with E-state index in [4.69, 9.17) is 9.47 Å². The summed E-state index contributed by atoms with van der Waals surface area (Å²) >= 11 is 0. The van der Waals surface area contributed by atoms with E-state index >= 15 is 0 Å². The number of benzene rings is 1. The zero-order valence-corrected chi connectivity index (χ0v) is 16.9. The molecule has 5 nitrogen and oxygen atoms in total. The highest BCUT2D eigenvalue weighted by atomic mass is 19.4. The molecule has 0 amide bonds. The van der Waals surface area contributed by atoms with Crippen molar-refractivity contribution in [3.05, 3.63) is 35.4 Å². The van der Waals surface area contributed by atoms with E-state index < -0.39 is 12.8 Å². The highest BCUT2D eigenvalue weighted by Crippen LogP contribution is 2.16. The second-order valence-electron chi connectivity index (χ2n) is 6.87. The van der Waals surface area contributed by atoms with E-state index in [1.165, 1.54) is 0 Å². The Balaban J connectivity index is 2.45. The van der Waals surface area contributed by atoms with Gasteiger partial charge in [-0.25, -0.2) is 4.99 Å². The highest BCUT2D eigenvalue weighted by molar-refractivity contribution is 5.79. The van der Waals surface area contributed by atoms with Gasteiger partial charge in [-0.2, -0.15) is 13.2 Å². The maximum absolute atomic E-state index is 12.2. The summed E-state index contributed by atoms with van der Waals surface area (Å²) in [6, 6.07) is 7.23. The molecule has 0 fully saturated rings. The van der Waals surface area contributed by atoms with E-state index in [0.29, 0.717) is 30.6 Å². The molecular weight excluding hydrogens is 371 g/mol. The molecule has 0 bridgehead atoms. The van der Waals surface area contributed by atoms with Crippen molar-refractivity contribution < 1.29 is 22.6 Å². The number of guanidine groups is 1. The summed E-state index contributed by atoms with van der Waals surface area (Å²) in [5.41, 5.74) is 1.60. The molecule has 1 aromatic rings. The lowest BCUT2D eigenvalue weighted by atomic mass is 10.1. The van der Waals surface area contributed by atoms with Crippen molar-refractivity contribution in [3.8, 4) is 0 Å². The zero-order valence-electron chi connectivity index (χ0n) is 16.9. The number of alkyl halides is 3. The lowest BCUT2D eigenvalue weighted by molar-refractivity contribution is -0.176. The number of hydrogen-bond acceptors (Lipinski definition) is 3. The van der Waals surface area contributed by atoms with E-state index in [-0.39, 0.29) is 6.61 Å². The van der Waals surface area contributed by atoms with E-state index in [1.807, 2.05) is 19.1 Å². The van der Waals surface area contributed by atoms with Crippen LogP contribution in [0.2, 0.25) is 0 Å². The third-order valence-corrected chi connectivity index (χ3v) is 3.50. The largest absolute Gasteiger partial charge is 0.411 e. The van der Waals surface area contributed by atoms with Crippen molar-refractivity contribution in [1.29, 1.82) is 0 Å². The molecule has 1 aromatic carbocycles. The molecule has 0 aliphatic rings. The van der Waals surface area contributed by atoms with Gasteiger partial charge in [-0.15, -0.1) is 0 Å². The number of nitrogens with zero attached hydrogens (tertiary/aromatic N) is 1. The highest BCUT2D eigenvalue weighted by Gasteiger charge is 2.27. The predicted octanol–water partition coefficient (Wildman–Crippen LogP) is 3.88. The summed E-state index contributed by atoms with van der Waals surface area (Å²) in [5, 5.41) is 6.43. The summed E-state index contributed by atoms with van der Waals surface area (Å²) in [6.45, 7) is 8.26. The molecule has 0 atom stereocenters. The van der Waals surface area contributed by atoms with Crippen LogP contribution in [0.1, 0.15) is 38.3 Å². The van der Waals surface area contributed by atoms with Crippen LogP contribution in [0.4, 0.5) is 13.2 Å². The van der Waals surface area contributed by atoms with E-state index in [1.54, 1.807) is 12.1 Å². The fourth-order valence-corrected chi connectivity index (χ4v) is 2.31. The average Bonchev–Trinajstić information content (AvgIpc) is 2.61. The molecule has 0 radical (unpaired) electrons. The van der Waals surface area contributed by atoms with Crippen LogP contribution in [-0.4, -0.2) is 45.0 Å². The average molecular weight is 403 g/mol. The Labute approximate surface area is 165 Å². The summed E-state index contributed by atoms with van der Waals surface area (Å²) in [4.78, 5) is 4.52. The minimum atomic E-state index is -4.31. The molecule has 0 saturated heterocycles. The van der Waals surface area contributed by atoms with Crippen LogP contribution in [0.25, 0.3) is 0 Å². The summed E-state index contributed by atoms with van der Waals surface area (Å²) < 4.78 is 46.7. The van der Waals surface area contributed by atoms with Gasteiger partial charge >= 0.3 is 6.18 Å². The molecular formula is C20H32F3N3O2. The third-order valence-electron chi connectivity index (χ3n) is 3.50. The van der Waals surface area contributed by atoms with E-state index in [0.717, 1.165) is 31.7 Å². The first-order valence-electron chi connectivity index (χ1n) is 9.62. The minimum Gasteiger partial charge on any atom is -0.381 e. The molecule has 0 aliphatic heterocycles. The quantitative estimate of drug-likeness (QED) is 0.316. The normalized spacial score (nSPS) is 12.5. The molecule has 1 rings (SSSR count). The molecule has 160 valence electrons. The molecule has 0 unspecified atom stereocenters. The van der Waals surface area contributed by atoms with Crippen LogP contribution in [0, 0.1) is 5.92 Å². The molecule has 28 heavy (non-hydrogen) atoms. The molecule has 8 heteroatoms. The first-order chi connectivity index (χ1) is 13.3. The Hall–Kier alpha value is -1.80. The maximum Gasteiger partial charge on any atom is 0.411 e. The van der Waals surface area contributed by atoms with Gasteiger partial charge in [-0.3, -0.25) is 0 Å². The Morgan fingerprint density at radius 1 is 1.14 bits per heavy atom. The number of ether oxygens (including phenoxy) is 2. The van der Waals surface area contributed by atoms with Crippen molar-refractivity contribution in [2.24, 2.45) is 10.9 Å². The Morgan fingerprint density at radius 2 is 1.89 bits per heavy atom. The molecule has 0 heterocycles. The molecule has 0 spiro atoms. The second-order valence-corrected chi connectivity index (χ2v) is 6.87. The van der Waals surface area contributed by atoms with Crippen molar-refractivity contribution in [3.63, 3.8) is 0 Å². The lowest BCUT2D eigenvalue weighted by Crippen LogP contribution is -2.38. The van der Waals surface area contributed by atoms with Crippen LogP contribution < -0.4 is 10.6 Å². The SMILES string of the molecule is CCNC(=NCc1cccc(COCC(F)(F)F)c1)NCCCOCC(C)C. The first-order valence-corrected chi connectivity index (χ1v) is 9.62. The van der Waals surface area contributed by atoms with Gasteiger partial charge < -0.3 is 20.1 Å². The number of halogens is 3. The van der Waals surface area contributed by atoms with Gasteiger partial charge in [0.15, 0.2) is 5.96 Å². The minimum absolute atomic E-state index is 0.0776. The van der Waals surface area contributed by atoms with Crippen LogP contribution >= 0.6 is 0 Å². The third kappa shape index (κ3) is 12.6. The van der Waals surface area contributed by atoms with Gasteiger partial charge in [0.2, 0.25) is 0 Å². The predicted molar refractivity (Wildman–Crippen MR) is 105 cm³/mol. The standard InChI is InChI=1S/C20H32F3N3O2/c1-4-24-19(25-9-6-10-27-13-16(2)3)26-12-17-7-5-8-18(11-17)14-28-15-20(21,22)23/h5,7-8,11,16H,4,6,9-10,12-15H2,1-3H3,(H2,24,25,26). The van der Waals surface area contributed by atoms with Crippen molar-refractivity contribution in [2.75, 3.05) is 32.9 Å². The smallest absolute Gasteiger partial charge is 0.381 e. The van der Waals surface area contributed by atoms with Gasteiger partial charge in [0.05, 0.1) is 13.2 Å². The van der Waals surface area contributed by atoms with Crippen LogP contribution in [0.5, 0.6) is 0 Å². The number of nitrogens with one attached hydrogen (secondary N) is 2. The van der Waals surface area contributed by atoms with Crippen molar-refractivity contribution >= 4 is 5.96 Å². The fraction of sp³-hybridized carbons (Fsp3) is 0.650. The monoisotopic (exact) mass is 403 g/mol. The van der Waals surface area contributed by atoms with E-state index in [9.17, 15) is 13.2 Å². The second kappa shape index (κ2) is 13.4. The van der Waals surface area contributed by atoms with Gasteiger partial charge in [-0.1, -0.05) is 38.1 Å². The number of hydrogen-bond donors (Lipinski definition) is 2. The number of aliphatic imine (C=N–C) groups is 1.